The van der Waals surface area contributed by atoms with Gasteiger partial charge in [-0.1, -0.05) is 62.4 Å². The van der Waals surface area contributed by atoms with E-state index in [2.05, 4.69) is 68.5 Å². The number of hydrogen-bond acceptors (Lipinski definition) is 2. The first-order valence-corrected chi connectivity index (χ1v) is 9.06. The van der Waals surface area contributed by atoms with E-state index < -0.39 is 5.79 Å². The molecule has 2 aliphatic heterocycles. The molecule has 0 N–H and O–H groups in total. The van der Waals surface area contributed by atoms with Gasteiger partial charge in [0.15, 0.2) is 0 Å². The molecule has 2 aliphatic rings. The lowest BCUT2D eigenvalue weighted by Crippen LogP contribution is -2.46. The van der Waals surface area contributed by atoms with E-state index in [0.29, 0.717) is 5.92 Å². The quantitative estimate of drug-likeness (QED) is 0.535. The second kappa shape index (κ2) is 5.50. The van der Waals surface area contributed by atoms with Crippen LogP contribution in [-0.2, 0) is 0 Å². The SMILES string of the molecule is CC(C)C1=Cc2ccccc2OC12C=Cc1c(ccc3ccccc13)O2. The highest BCUT2D eigenvalue weighted by molar-refractivity contribution is 5.94. The van der Waals surface area contributed by atoms with Crippen LogP contribution in [-0.4, -0.2) is 5.79 Å². The molecule has 2 nitrogen and oxygen atoms in total. The fourth-order valence-electron chi connectivity index (χ4n) is 3.89. The van der Waals surface area contributed by atoms with E-state index in [1.54, 1.807) is 0 Å². The van der Waals surface area contributed by atoms with E-state index in [4.69, 9.17) is 9.47 Å². The monoisotopic (exact) mass is 340 g/mol. The first-order chi connectivity index (χ1) is 12.7. The van der Waals surface area contributed by atoms with Gasteiger partial charge in [0.1, 0.15) is 11.5 Å². The first-order valence-electron chi connectivity index (χ1n) is 9.06. The summed E-state index contributed by atoms with van der Waals surface area (Å²) in [7, 11) is 0. The molecule has 0 bridgehead atoms. The fourth-order valence-corrected chi connectivity index (χ4v) is 3.89. The smallest absolute Gasteiger partial charge is 0.295 e. The molecule has 0 amide bonds. The highest BCUT2D eigenvalue weighted by Gasteiger charge is 2.43. The molecule has 3 aromatic rings. The van der Waals surface area contributed by atoms with Crippen LogP contribution in [0.25, 0.3) is 22.9 Å². The molecule has 0 saturated carbocycles. The molecular weight excluding hydrogens is 320 g/mol. The van der Waals surface area contributed by atoms with Crippen molar-refractivity contribution >= 4 is 22.9 Å². The van der Waals surface area contributed by atoms with Crippen molar-refractivity contribution in [3.63, 3.8) is 0 Å². The highest BCUT2D eigenvalue weighted by atomic mass is 16.7. The van der Waals surface area contributed by atoms with Gasteiger partial charge in [0, 0.05) is 22.8 Å². The second-order valence-electron chi connectivity index (χ2n) is 7.20. The van der Waals surface area contributed by atoms with Crippen molar-refractivity contribution in [2.24, 2.45) is 5.92 Å². The Hall–Kier alpha value is -3.00. The van der Waals surface area contributed by atoms with Crippen molar-refractivity contribution < 1.29 is 9.47 Å². The predicted molar refractivity (Wildman–Crippen MR) is 106 cm³/mol. The van der Waals surface area contributed by atoms with E-state index in [-0.39, 0.29) is 0 Å². The number of hydrogen-bond donors (Lipinski definition) is 0. The maximum Gasteiger partial charge on any atom is 0.295 e. The van der Waals surface area contributed by atoms with E-state index in [0.717, 1.165) is 28.2 Å². The van der Waals surface area contributed by atoms with Crippen molar-refractivity contribution in [3.05, 3.63) is 83.4 Å². The molecule has 128 valence electrons. The van der Waals surface area contributed by atoms with Crippen LogP contribution < -0.4 is 9.47 Å². The Morgan fingerprint density at radius 2 is 1.58 bits per heavy atom. The van der Waals surface area contributed by atoms with Crippen molar-refractivity contribution in [3.8, 4) is 11.5 Å². The predicted octanol–water partition coefficient (Wildman–Crippen LogP) is 6.07. The lowest BCUT2D eigenvalue weighted by molar-refractivity contribution is -0.0471. The third-order valence-electron chi connectivity index (χ3n) is 5.18. The zero-order chi connectivity index (χ0) is 17.7. The molecule has 0 fully saturated rings. The van der Waals surface area contributed by atoms with Crippen molar-refractivity contribution in [2.75, 3.05) is 0 Å². The Morgan fingerprint density at radius 1 is 0.808 bits per heavy atom. The van der Waals surface area contributed by atoms with Crippen LogP contribution in [0.2, 0.25) is 0 Å². The second-order valence-corrected chi connectivity index (χ2v) is 7.20. The number of para-hydroxylation sites is 1. The van der Waals surface area contributed by atoms with Crippen molar-refractivity contribution in [2.45, 2.75) is 19.6 Å². The molecule has 26 heavy (non-hydrogen) atoms. The Kier molecular flexibility index (Phi) is 3.23. The number of rotatable bonds is 1. The van der Waals surface area contributed by atoms with Gasteiger partial charge in [-0.15, -0.1) is 0 Å². The minimum absolute atomic E-state index is 0.301. The summed E-state index contributed by atoms with van der Waals surface area (Å²) in [6.07, 6.45) is 6.41. The highest BCUT2D eigenvalue weighted by Crippen LogP contribution is 2.45. The summed E-state index contributed by atoms with van der Waals surface area (Å²) in [6.45, 7) is 4.36. The topological polar surface area (TPSA) is 18.5 Å². The Morgan fingerprint density at radius 3 is 2.46 bits per heavy atom. The Bertz CT molecular complexity index is 1070. The van der Waals surface area contributed by atoms with Crippen LogP contribution in [0.4, 0.5) is 0 Å². The number of ether oxygens (including phenoxy) is 2. The van der Waals surface area contributed by atoms with Crippen LogP contribution in [0.1, 0.15) is 25.0 Å². The van der Waals surface area contributed by atoms with E-state index >= 15 is 0 Å². The lowest BCUT2D eigenvalue weighted by atomic mass is 9.87. The summed E-state index contributed by atoms with van der Waals surface area (Å²) in [5.74, 6) is 1.13. The lowest BCUT2D eigenvalue weighted by Gasteiger charge is -2.41. The molecular formula is C24H20O2. The van der Waals surface area contributed by atoms with Crippen LogP contribution >= 0.6 is 0 Å². The van der Waals surface area contributed by atoms with E-state index in [1.807, 2.05) is 24.3 Å². The van der Waals surface area contributed by atoms with Crippen LogP contribution in [0.15, 0.2) is 72.3 Å². The number of fused-ring (bicyclic) bond motifs is 4. The molecule has 5 rings (SSSR count). The zero-order valence-corrected chi connectivity index (χ0v) is 14.9. The molecule has 0 aromatic heterocycles. The minimum Gasteiger partial charge on any atom is -0.444 e. The van der Waals surface area contributed by atoms with Crippen LogP contribution in [0, 0.1) is 5.92 Å². The molecule has 1 atom stereocenters. The van der Waals surface area contributed by atoms with E-state index in [1.165, 1.54) is 10.8 Å². The normalized spacial score (nSPS) is 20.3. The summed E-state index contributed by atoms with van der Waals surface area (Å²) >= 11 is 0. The fraction of sp³-hybridized carbons (Fsp3) is 0.167. The zero-order valence-electron chi connectivity index (χ0n) is 14.9. The molecule has 0 aliphatic carbocycles. The van der Waals surface area contributed by atoms with Gasteiger partial charge in [-0.2, -0.15) is 0 Å². The maximum atomic E-state index is 6.52. The molecule has 0 radical (unpaired) electrons. The van der Waals surface area contributed by atoms with Gasteiger partial charge in [0.05, 0.1) is 0 Å². The van der Waals surface area contributed by atoms with Gasteiger partial charge in [0.25, 0.3) is 5.79 Å². The largest absolute Gasteiger partial charge is 0.444 e. The molecule has 1 unspecified atom stereocenters. The molecule has 2 heterocycles. The maximum absolute atomic E-state index is 6.52. The standard InChI is InChI=1S/C24H20O2/c1-16(2)21-15-18-8-4-6-10-22(18)25-24(21)14-13-20-19-9-5-3-7-17(19)11-12-23(20)26-24/h3-16H,1-2H3. The van der Waals surface area contributed by atoms with Gasteiger partial charge in [-0.05, 0) is 41.0 Å². The van der Waals surface area contributed by atoms with Gasteiger partial charge in [-0.3, -0.25) is 0 Å². The summed E-state index contributed by atoms with van der Waals surface area (Å²) in [5.41, 5.74) is 3.34. The molecule has 2 heteroatoms. The summed E-state index contributed by atoms with van der Waals surface area (Å²) in [6, 6.07) is 20.6. The Labute approximate surface area is 153 Å². The molecule has 0 saturated heterocycles. The average molecular weight is 340 g/mol. The van der Waals surface area contributed by atoms with Crippen molar-refractivity contribution in [1.82, 2.24) is 0 Å². The first kappa shape index (κ1) is 15.3. The minimum atomic E-state index is -0.877. The van der Waals surface area contributed by atoms with Gasteiger partial charge < -0.3 is 9.47 Å². The summed E-state index contributed by atoms with van der Waals surface area (Å²) < 4.78 is 12.9. The summed E-state index contributed by atoms with van der Waals surface area (Å²) in [5, 5.41) is 2.41. The van der Waals surface area contributed by atoms with Crippen LogP contribution in [0.5, 0.6) is 11.5 Å². The molecule has 1 spiro atoms. The van der Waals surface area contributed by atoms with Gasteiger partial charge in [-0.25, -0.2) is 0 Å². The van der Waals surface area contributed by atoms with Crippen LogP contribution in [0.3, 0.4) is 0 Å². The average Bonchev–Trinajstić information content (AvgIpc) is 2.67. The van der Waals surface area contributed by atoms with Gasteiger partial charge >= 0.3 is 0 Å². The Balaban J connectivity index is 1.68. The van der Waals surface area contributed by atoms with E-state index in [9.17, 15) is 0 Å². The van der Waals surface area contributed by atoms with Gasteiger partial charge in [0.2, 0.25) is 0 Å². The third-order valence-corrected chi connectivity index (χ3v) is 5.18. The third kappa shape index (κ3) is 2.19. The molecule has 3 aromatic carbocycles. The van der Waals surface area contributed by atoms with Crippen molar-refractivity contribution in [1.29, 1.82) is 0 Å². The number of benzene rings is 3. The summed E-state index contributed by atoms with van der Waals surface area (Å²) in [4.78, 5) is 0.